The van der Waals surface area contributed by atoms with E-state index in [-0.39, 0.29) is 177 Å². The molecule has 4 aliphatic rings. The standard InChI is InChI=1S/C90H122N16O20S/c1-61(2)39-72-52-105(88(116)47-66-42-74(125-119)48-75(43-66)126-120)56-82(110)100-73(41-62-15-5-4-6-16-62)53-106(86(114)45-64-24-26-67-17-7-8-18-69(67)40-64)55-81(109)99-71(20-10-13-32-92)51-104(87(115)46-65-25-29-77-78(44-65)124-60-123-77)54-80(108)98-70(19-9-12-31-91)50-103(85(113)30-38-127-59-63-22-27-68(28-23-63)90(118)101-72)57-83(111)102-76(89(93)117)21-11-14-33-95-84(112)58-122-37-36-121-35-34-96-79(107)49-97-94-3/h4-8,15-16,22-29,40,42-44,48,61,70-73,76H,3,9-14,17-21,30-39,41,45-47,49-60,91-92H2,1-2H3,(H10-,93,95,96,98,99,100,101,102,107,108,109,110,111,112,117,118,119,120)/p+1/t70-,71-,72-,73?,76-/m0/s1. The van der Waals surface area contributed by atoms with Crippen molar-refractivity contribution in [2.24, 2.45) is 28.2 Å². The summed E-state index contributed by atoms with van der Waals surface area (Å²) in [6.45, 7) is 4.76. The quantitative estimate of drug-likeness (QED) is 0.00392. The molecule has 5 aromatic rings. The Bertz CT molecular complexity index is 4520. The van der Waals surface area contributed by atoms with Gasteiger partial charge in [0.05, 0.1) is 76.4 Å². The Hall–Kier alpha value is -11.8. The molecule has 1 aliphatic carbocycles. The fraction of sp³-hybridized carbons (Fsp3) is 0.500. The molecule has 2 bridgehead atoms. The Morgan fingerprint density at radius 1 is 0.598 bits per heavy atom. The van der Waals surface area contributed by atoms with E-state index < -0.39 is 128 Å². The average Bonchev–Trinajstić information content (AvgIpc) is 1.34. The van der Waals surface area contributed by atoms with Crippen molar-refractivity contribution in [2.45, 2.75) is 159 Å². The molecule has 0 saturated heterocycles. The number of carbonyl (C=O) groups is 12. The zero-order chi connectivity index (χ0) is 91.2. The predicted molar refractivity (Wildman–Crippen MR) is 473 cm³/mol. The van der Waals surface area contributed by atoms with Crippen molar-refractivity contribution in [2.75, 3.05) is 124 Å². The van der Waals surface area contributed by atoms with Crippen LogP contribution in [0.3, 0.4) is 0 Å². The third-order valence-electron chi connectivity index (χ3n) is 21.2. The zero-order valence-electron chi connectivity index (χ0n) is 72.4. The molecule has 3 aliphatic heterocycles. The highest BCUT2D eigenvalue weighted by atomic mass is 32.2. The Morgan fingerprint density at radius 2 is 1.18 bits per heavy atom. The normalized spacial score (nSPS) is 17.3. The van der Waals surface area contributed by atoms with Crippen LogP contribution in [0.5, 0.6) is 23.0 Å². The van der Waals surface area contributed by atoms with Crippen molar-refractivity contribution < 1.29 is 102 Å². The summed E-state index contributed by atoms with van der Waals surface area (Å²) >= 11 is 1.39. The third-order valence-corrected chi connectivity index (χ3v) is 22.2. The molecule has 1 unspecified atom stereocenters. The highest BCUT2D eigenvalue weighted by Crippen LogP contribution is 2.33. The maximum Gasteiger partial charge on any atom is 0.295 e. The fourth-order valence-corrected chi connectivity index (χ4v) is 15.8. The molecule has 5 atom stereocenters. The van der Waals surface area contributed by atoms with Gasteiger partial charge < -0.3 is 103 Å². The first-order valence-corrected chi connectivity index (χ1v) is 44.2. The number of hydrogen-bond acceptors (Lipinski definition) is 24. The van der Waals surface area contributed by atoms with E-state index in [2.05, 4.69) is 75.8 Å². The summed E-state index contributed by atoms with van der Waals surface area (Å²) in [6.07, 6.45) is 8.06. The smallest absolute Gasteiger partial charge is 0.295 e. The van der Waals surface area contributed by atoms with Gasteiger partial charge in [-0.1, -0.05) is 106 Å². The minimum atomic E-state index is -1.20. The molecule has 5 aromatic carbocycles. The van der Waals surface area contributed by atoms with Crippen LogP contribution < -0.4 is 73.7 Å². The fourth-order valence-electron chi connectivity index (χ4n) is 14.9. The second-order valence-corrected chi connectivity index (χ2v) is 33.1. The number of benzene rings is 5. The maximum absolute atomic E-state index is 15.4. The van der Waals surface area contributed by atoms with Gasteiger partial charge in [-0.2, -0.15) is 11.8 Å². The summed E-state index contributed by atoms with van der Waals surface area (Å²) in [5.74, 6) is -5.94. The zero-order valence-corrected chi connectivity index (χ0v) is 73.3. The van der Waals surface area contributed by atoms with E-state index in [4.69, 9.17) is 36.1 Å². The highest BCUT2D eigenvalue weighted by Gasteiger charge is 2.33. The van der Waals surface area contributed by atoms with Crippen molar-refractivity contribution >= 4 is 89.4 Å². The molecule has 37 heteroatoms. The van der Waals surface area contributed by atoms with Gasteiger partial charge in [0.2, 0.25) is 71.8 Å². The molecule has 3 heterocycles. The van der Waals surface area contributed by atoms with E-state index in [9.17, 15) is 39.3 Å². The van der Waals surface area contributed by atoms with Gasteiger partial charge in [-0.3, -0.25) is 57.5 Å². The number of fused-ring (bicyclic) bond motifs is 31. The summed E-state index contributed by atoms with van der Waals surface area (Å²) in [6, 6.07) is 25.9. The first-order valence-electron chi connectivity index (χ1n) is 43.1. The van der Waals surface area contributed by atoms with E-state index in [1.807, 2.05) is 62.4 Å². The second kappa shape index (κ2) is 54.9. The van der Waals surface area contributed by atoms with E-state index in [1.165, 1.54) is 49.6 Å². The number of nitrogens with zero attached hydrogens (tertiary/aromatic N) is 6. The van der Waals surface area contributed by atoms with Crippen LogP contribution in [0.4, 0.5) is 0 Å². The number of nitrogens with one attached hydrogen (secondary N) is 7. The van der Waals surface area contributed by atoms with E-state index >= 15 is 28.8 Å². The van der Waals surface area contributed by atoms with Crippen LogP contribution in [0.2, 0.25) is 0 Å². The first kappa shape index (κ1) is 101. The van der Waals surface area contributed by atoms with Crippen LogP contribution >= 0.6 is 11.8 Å². The summed E-state index contributed by atoms with van der Waals surface area (Å²) in [5.41, 5.74) is 23.3. The van der Waals surface area contributed by atoms with Crippen LogP contribution in [-0.4, -0.2) is 267 Å². The van der Waals surface area contributed by atoms with Crippen molar-refractivity contribution in [3.05, 3.63) is 166 Å². The van der Waals surface area contributed by atoms with Crippen LogP contribution in [-0.2, 0) is 106 Å². The minimum absolute atomic E-state index is 0.0422. The van der Waals surface area contributed by atoms with Gasteiger partial charge in [0.15, 0.2) is 29.5 Å². The Kier molecular flexibility index (Phi) is 43.5. The van der Waals surface area contributed by atoms with E-state index in [0.717, 1.165) is 22.3 Å². The van der Waals surface area contributed by atoms with Gasteiger partial charge in [-0.05, 0) is 165 Å². The van der Waals surface area contributed by atoms with Gasteiger partial charge in [0.25, 0.3) is 12.6 Å². The number of amides is 12. The molecule has 0 aromatic heterocycles. The highest BCUT2D eigenvalue weighted by molar-refractivity contribution is 7.98. The lowest BCUT2D eigenvalue weighted by Crippen LogP contribution is -2.55. The molecule has 0 saturated carbocycles. The van der Waals surface area contributed by atoms with Gasteiger partial charge in [-0.25, -0.2) is 10.5 Å². The summed E-state index contributed by atoms with van der Waals surface area (Å²) in [4.78, 5) is 190. The number of allylic oxidation sites excluding steroid dienone is 2. The van der Waals surface area contributed by atoms with Gasteiger partial charge in [0, 0.05) is 91.7 Å². The Balaban J connectivity index is 1.11. The average molecular weight is 1780 g/mol. The summed E-state index contributed by atoms with van der Waals surface area (Å²) < 4.78 is 22.1. The molecule has 0 spiro atoms. The number of nitrogens with two attached hydrogens (primary N) is 3. The monoisotopic (exact) mass is 1780 g/mol. The maximum atomic E-state index is 15.4. The minimum Gasteiger partial charge on any atom is -0.454 e. The molecular weight excluding hydrogens is 1660 g/mol. The molecule has 127 heavy (non-hydrogen) atoms. The summed E-state index contributed by atoms with van der Waals surface area (Å²) in [5, 5.41) is 43.4. The number of hydrogen-bond donors (Lipinski definition) is 12. The number of rotatable bonds is 39. The van der Waals surface area contributed by atoms with Crippen molar-refractivity contribution in [3.8, 4) is 23.0 Å². The van der Waals surface area contributed by atoms with Crippen LogP contribution in [0.15, 0.2) is 126 Å². The number of carbonyl (C=O) groups excluding carboxylic acids is 12. The van der Waals surface area contributed by atoms with Crippen LogP contribution in [0.25, 0.3) is 0 Å². The molecular formula is C90H123N16O20S+. The SMILES string of the molecule is C=[N+]=NCC(=O)NCCOCCOCC(=O)NCCCC[C@H](NC(=O)CN1C[C@H](CCCCN)NC(=O)CN(C(=O)Cc2ccc3c(c2)OCO3)C[C@H](CCCCN)NC(=O)CN(C(=O)Cc2ccc3c(c2)CC=CC3)CC(Cc2ccccc2)NC(=O)CN(C(=O)Cc2cc(OO)cc(OO)c2)C[C@H](CC(C)C)NC(=O)c2ccc(cc2)CSCCC1=O)C(N)=O. The van der Waals surface area contributed by atoms with Crippen molar-refractivity contribution in [1.29, 1.82) is 0 Å². The van der Waals surface area contributed by atoms with Gasteiger partial charge in [-0.15, -0.1) is 0 Å². The first-order chi connectivity index (χ1) is 61.3. The molecule has 688 valence electrons. The van der Waals surface area contributed by atoms with E-state index in [1.54, 1.807) is 42.5 Å². The Labute approximate surface area is 744 Å². The lowest BCUT2D eigenvalue weighted by molar-refractivity contribution is -0.145. The lowest BCUT2D eigenvalue weighted by Gasteiger charge is -2.32. The summed E-state index contributed by atoms with van der Waals surface area (Å²) in [7, 11) is 0. The largest absolute Gasteiger partial charge is 0.454 e. The Morgan fingerprint density at radius 3 is 1.81 bits per heavy atom. The molecule has 12 amide bonds. The third kappa shape index (κ3) is 37.0. The second-order valence-electron chi connectivity index (χ2n) is 32.0. The van der Waals surface area contributed by atoms with E-state index in [0.29, 0.717) is 86.2 Å². The predicted octanol–water partition coefficient (Wildman–Crippen LogP) is 3.32. The number of unbranched alkanes of at least 4 members (excludes halogenated alkanes) is 3. The van der Waals surface area contributed by atoms with Crippen molar-refractivity contribution in [3.63, 3.8) is 0 Å². The van der Waals surface area contributed by atoms with Crippen LogP contribution in [0, 0.1) is 5.92 Å². The number of ether oxygens (including phenoxy) is 4. The lowest BCUT2D eigenvalue weighted by atomic mass is 9.94. The number of primary amides is 1. The topological polar surface area (TPSA) is 502 Å². The number of thioether (sulfide) groups is 1. The molecule has 9 rings (SSSR count). The van der Waals surface area contributed by atoms with Gasteiger partial charge >= 0.3 is 0 Å². The molecule has 0 radical (unpaired) electrons. The molecule has 0 fully saturated rings. The molecule has 15 N–H and O–H groups in total. The van der Waals surface area contributed by atoms with Gasteiger partial charge in [0.1, 0.15) is 12.6 Å². The van der Waals surface area contributed by atoms with Crippen LogP contribution in [0.1, 0.15) is 134 Å². The molecule has 36 nitrogen and oxygen atoms in total. The van der Waals surface area contributed by atoms with Crippen molar-refractivity contribution in [1.82, 2.24) is 56.8 Å².